The SMILES string of the molecule is CCN/C(=C/CCC(C)C)CCC(=O)[O-]. The van der Waals surface area contributed by atoms with Gasteiger partial charge < -0.3 is 15.2 Å². The van der Waals surface area contributed by atoms with Crippen LogP contribution in [-0.2, 0) is 4.79 Å². The zero-order valence-electron chi connectivity index (χ0n) is 10.0. The molecule has 0 radical (unpaired) electrons. The second-order valence-electron chi connectivity index (χ2n) is 4.10. The highest BCUT2D eigenvalue weighted by atomic mass is 16.4. The summed E-state index contributed by atoms with van der Waals surface area (Å²) in [6.45, 7) is 7.21. The Hall–Kier alpha value is -0.990. The van der Waals surface area contributed by atoms with Gasteiger partial charge in [0.05, 0.1) is 0 Å². The molecule has 0 rings (SSSR count). The number of carbonyl (C=O) groups is 1. The molecular formula is C12H22NO2-. The number of aliphatic carboxylic acids is 1. The summed E-state index contributed by atoms with van der Waals surface area (Å²) < 4.78 is 0. The van der Waals surface area contributed by atoms with Gasteiger partial charge in [0.2, 0.25) is 0 Å². The molecule has 0 aliphatic carbocycles. The van der Waals surface area contributed by atoms with Crippen molar-refractivity contribution in [2.24, 2.45) is 5.92 Å². The minimum Gasteiger partial charge on any atom is -0.550 e. The number of carboxylic acid groups (broad SMARTS) is 1. The largest absolute Gasteiger partial charge is 0.550 e. The van der Waals surface area contributed by atoms with Gasteiger partial charge in [-0.05, 0) is 38.5 Å². The van der Waals surface area contributed by atoms with Crippen molar-refractivity contribution >= 4 is 5.97 Å². The fourth-order valence-corrected chi connectivity index (χ4v) is 1.32. The first-order valence-corrected chi connectivity index (χ1v) is 5.69. The number of carbonyl (C=O) groups excluding carboxylic acids is 1. The Bertz CT molecular complexity index is 210. The first-order chi connectivity index (χ1) is 7.06. The fourth-order valence-electron chi connectivity index (χ4n) is 1.32. The molecule has 0 aromatic heterocycles. The second-order valence-corrected chi connectivity index (χ2v) is 4.10. The average molecular weight is 212 g/mol. The summed E-state index contributed by atoms with van der Waals surface area (Å²) in [5, 5.41) is 13.5. The van der Waals surface area contributed by atoms with Crippen LogP contribution in [0.25, 0.3) is 0 Å². The Balaban J connectivity index is 3.94. The van der Waals surface area contributed by atoms with Gasteiger partial charge in [-0.3, -0.25) is 0 Å². The molecule has 0 fully saturated rings. The summed E-state index contributed by atoms with van der Waals surface area (Å²) in [6, 6.07) is 0. The van der Waals surface area contributed by atoms with Gasteiger partial charge in [0.25, 0.3) is 0 Å². The van der Waals surface area contributed by atoms with E-state index in [1.54, 1.807) is 0 Å². The zero-order valence-corrected chi connectivity index (χ0v) is 10.0. The summed E-state index contributed by atoms with van der Waals surface area (Å²) in [4.78, 5) is 10.3. The van der Waals surface area contributed by atoms with E-state index >= 15 is 0 Å². The van der Waals surface area contributed by atoms with Crippen LogP contribution < -0.4 is 10.4 Å². The summed E-state index contributed by atoms with van der Waals surface area (Å²) in [5.41, 5.74) is 1.03. The molecule has 0 saturated carbocycles. The molecule has 0 unspecified atom stereocenters. The van der Waals surface area contributed by atoms with Crippen molar-refractivity contribution in [2.45, 2.75) is 46.5 Å². The van der Waals surface area contributed by atoms with Gasteiger partial charge in [0.1, 0.15) is 0 Å². The second kappa shape index (κ2) is 8.33. The molecule has 3 nitrogen and oxygen atoms in total. The van der Waals surface area contributed by atoms with Gasteiger partial charge in [-0.15, -0.1) is 0 Å². The number of rotatable bonds is 8. The highest BCUT2D eigenvalue weighted by Gasteiger charge is 1.97. The molecule has 0 heterocycles. The van der Waals surface area contributed by atoms with Crippen molar-refractivity contribution in [1.82, 2.24) is 5.32 Å². The molecule has 0 spiro atoms. The molecule has 0 bridgehead atoms. The van der Waals surface area contributed by atoms with Crippen LogP contribution >= 0.6 is 0 Å². The predicted molar refractivity (Wildman–Crippen MR) is 60.1 cm³/mol. The first-order valence-electron chi connectivity index (χ1n) is 5.69. The predicted octanol–water partition coefficient (Wildman–Crippen LogP) is 1.45. The van der Waals surface area contributed by atoms with E-state index in [1.807, 2.05) is 6.92 Å². The lowest BCUT2D eigenvalue weighted by molar-refractivity contribution is -0.305. The molecule has 1 N–H and O–H groups in total. The smallest absolute Gasteiger partial charge is 0.0418 e. The summed E-state index contributed by atoms with van der Waals surface area (Å²) in [7, 11) is 0. The summed E-state index contributed by atoms with van der Waals surface area (Å²) >= 11 is 0. The van der Waals surface area contributed by atoms with Crippen LogP contribution in [0.1, 0.15) is 46.5 Å². The van der Waals surface area contributed by atoms with E-state index in [1.165, 1.54) is 0 Å². The molecule has 0 aromatic rings. The molecule has 0 aromatic carbocycles. The molecule has 15 heavy (non-hydrogen) atoms. The lowest BCUT2D eigenvalue weighted by atomic mass is 10.1. The van der Waals surface area contributed by atoms with E-state index in [-0.39, 0.29) is 6.42 Å². The normalized spacial score (nSPS) is 11.9. The van der Waals surface area contributed by atoms with Crippen LogP contribution in [0.5, 0.6) is 0 Å². The van der Waals surface area contributed by atoms with Crippen molar-refractivity contribution in [2.75, 3.05) is 6.54 Å². The maximum Gasteiger partial charge on any atom is 0.0418 e. The number of allylic oxidation sites excluding steroid dienone is 2. The molecule has 3 heteroatoms. The molecule has 0 atom stereocenters. The van der Waals surface area contributed by atoms with Crippen LogP contribution in [0.15, 0.2) is 11.8 Å². The lowest BCUT2D eigenvalue weighted by Crippen LogP contribution is -2.23. The maximum absolute atomic E-state index is 10.3. The standard InChI is InChI=1S/C12H23NO2/c1-4-13-11(8-9-12(14)15)7-5-6-10(2)3/h7,10,13H,4-6,8-9H2,1-3H3,(H,14,15)/p-1/b11-7+. The number of carboxylic acids is 1. The first kappa shape index (κ1) is 14.0. The van der Waals surface area contributed by atoms with E-state index in [0.29, 0.717) is 12.3 Å². The average Bonchev–Trinajstić information content (AvgIpc) is 2.13. The van der Waals surface area contributed by atoms with Gasteiger partial charge in [-0.25, -0.2) is 0 Å². The fraction of sp³-hybridized carbons (Fsp3) is 0.750. The highest BCUT2D eigenvalue weighted by Crippen LogP contribution is 2.08. The molecule has 0 amide bonds. The molecule has 0 saturated heterocycles. The van der Waals surface area contributed by atoms with Crippen molar-refractivity contribution in [3.63, 3.8) is 0 Å². The zero-order chi connectivity index (χ0) is 11.7. The minimum atomic E-state index is -0.984. The van der Waals surface area contributed by atoms with E-state index in [4.69, 9.17) is 0 Å². The Morgan fingerprint density at radius 3 is 2.53 bits per heavy atom. The Morgan fingerprint density at radius 2 is 2.07 bits per heavy atom. The van der Waals surface area contributed by atoms with E-state index in [9.17, 15) is 9.90 Å². The van der Waals surface area contributed by atoms with E-state index in [0.717, 1.165) is 25.1 Å². The Morgan fingerprint density at radius 1 is 1.40 bits per heavy atom. The molecule has 88 valence electrons. The topological polar surface area (TPSA) is 52.2 Å². The third-order valence-electron chi connectivity index (χ3n) is 2.14. The van der Waals surface area contributed by atoms with Gasteiger partial charge >= 0.3 is 0 Å². The number of hydrogen-bond acceptors (Lipinski definition) is 3. The highest BCUT2D eigenvalue weighted by molar-refractivity contribution is 5.64. The van der Waals surface area contributed by atoms with Crippen molar-refractivity contribution in [3.05, 3.63) is 11.8 Å². The minimum absolute atomic E-state index is 0.0977. The van der Waals surface area contributed by atoms with Crippen molar-refractivity contribution in [3.8, 4) is 0 Å². The van der Waals surface area contributed by atoms with Crippen LogP contribution in [-0.4, -0.2) is 12.5 Å². The van der Waals surface area contributed by atoms with Crippen LogP contribution in [0, 0.1) is 5.92 Å². The Kier molecular flexibility index (Phi) is 7.78. The third-order valence-corrected chi connectivity index (χ3v) is 2.14. The number of nitrogens with one attached hydrogen (secondary N) is 1. The monoisotopic (exact) mass is 212 g/mol. The molecular weight excluding hydrogens is 190 g/mol. The summed E-state index contributed by atoms with van der Waals surface area (Å²) in [6.07, 6.45) is 4.90. The van der Waals surface area contributed by atoms with E-state index < -0.39 is 5.97 Å². The van der Waals surface area contributed by atoms with Crippen molar-refractivity contribution < 1.29 is 9.90 Å². The Labute approximate surface area is 92.6 Å². The van der Waals surface area contributed by atoms with Crippen molar-refractivity contribution in [1.29, 1.82) is 0 Å². The third kappa shape index (κ3) is 9.32. The molecule has 0 aliphatic heterocycles. The van der Waals surface area contributed by atoms with Gasteiger partial charge in [-0.1, -0.05) is 19.9 Å². The van der Waals surface area contributed by atoms with Crippen LogP contribution in [0.3, 0.4) is 0 Å². The van der Waals surface area contributed by atoms with E-state index in [2.05, 4.69) is 25.2 Å². The van der Waals surface area contributed by atoms with Gasteiger partial charge in [0, 0.05) is 18.2 Å². The number of hydrogen-bond donors (Lipinski definition) is 1. The lowest BCUT2D eigenvalue weighted by Gasteiger charge is -2.10. The van der Waals surface area contributed by atoms with Crippen LogP contribution in [0.2, 0.25) is 0 Å². The molecule has 0 aliphatic rings. The van der Waals surface area contributed by atoms with Crippen LogP contribution in [0.4, 0.5) is 0 Å². The quantitative estimate of drug-likeness (QED) is 0.662. The maximum atomic E-state index is 10.3. The van der Waals surface area contributed by atoms with Gasteiger partial charge in [0.15, 0.2) is 0 Å². The van der Waals surface area contributed by atoms with Gasteiger partial charge in [-0.2, -0.15) is 0 Å². The summed E-state index contributed by atoms with van der Waals surface area (Å²) in [5.74, 6) is -0.298.